The second-order valence-corrected chi connectivity index (χ2v) is 11.3. The van der Waals surface area contributed by atoms with Gasteiger partial charge in [0.1, 0.15) is 41.3 Å². The molecular weight excluding hydrogens is 636 g/mol. The van der Waals surface area contributed by atoms with Gasteiger partial charge < -0.3 is 33.2 Å². The molecule has 5 aromatic carbocycles. The van der Waals surface area contributed by atoms with Crippen LogP contribution >= 0.6 is 0 Å². The molecule has 0 N–H and O–H groups in total. The van der Waals surface area contributed by atoms with Crippen molar-refractivity contribution in [2.75, 3.05) is 33.5 Å². The van der Waals surface area contributed by atoms with Crippen molar-refractivity contribution in [2.24, 2.45) is 0 Å². The molecule has 5 rings (SSSR count). The lowest BCUT2D eigenvalue weighted by molar-refractivity contribution is -0.140. The quantitative estimate of drug-likeness (QED) is 0.0415. The van der Waals surface area contributed by atoms with Crippen LogP contribution < -0.4 is 23.7 Å². The Morgan fingerprint density at radius 1 is 0.540 bits per heavy atom. The number of esters is 2. The van der Waals surface area contributed by atoms with Crippen LogP contribution in [0, 0.1) is 0 Å². The summed E-state index contributed by atoms with van der Waals surface area (Å²) in [6, 6.07) is 32.5. The van der Waals surface area contributed by atoms with Crippen molar-refractivity contribution in [3.63, 3.8) is 0 Å². The summed E-state index contributed by atoms with van der Waals surface area (Å²) in [4.78, 5) is 24.9. The highest BCUT2D eigenvalue weighted by molar-refractivity contribution is 5.90. The number of hydrogen-bond donors (Lipinski definition) is 0. The smallest absolute Gasteiger partial charge is 0.336 e. The van der Waals surface area contributed by atoms with Crippen LogP contribution in [0.2, 0.25) is 0 Å². The summed E-state index contributed by atoms with van der Waals surface area (Å²) in [6.45, 7) is 4.26. The number of ether oxygens (including phenoxy) is 7. The summed E-state index contributed by atoms with van der Waals surface area (Å²) in [7, 11) is 1.56. The predicted octanol–water partition coefficient (Wildman–Crippen LogP) is 8.59. The summed E-state index contributed by atoms with van der Waals surface area (Å²) in [5.74, 6) is 2.05. The van der Waals surface area contributed by atoms with Crippen molar-refractivity contribution in [2.45, 2.75) is 26.7 Å². The van der Waals surface area contributed by atoms with Crippen molar-refractivity contribution in [3.8, 4) is 28.7 Å². The van der Waals surface area contributed by atoms with Gasteiger partial charge in [0.25, 0.3) is 0 Å². The van der Waals surface area contributed by atoms with E-state index in [0.29, 0.717) is 65.9 Å². The van der Waals surface area contributed by atoms with Crippen molar-refractivity contribution in [3.05, 3.63) is 127 Å². The van der Waals surface area contributed by atoms with E-state index in [1.54, 1.807) is 39.2 Å². The highest BCUT2D eigenvalue weighted by atomic mass is 16.5. The maximum absolute atomic E-state index is 12.4. The molecule has 0 aliphatic heterocycles. The van der Waals surface area contributed by atoms with Gasteiger partial charge >= 0.3 is 11.9 Å². The molecule has 0 aliphatic carbocycles. The molecule has 9 heteroatoms. The van der Waals surface area contributed by atoms with Crippen LogP contribution in [-0.2, 0) is 19.1 Å². The molecule has 0 radical (unpaired) electrons. The predicted molar refractivity (Wildman–Crippen MR) is 192 cm³/mol. The van der Waals surface area contributed by atoms with Crippen LogP contribution in [0.5, 0.6) is 28.7 Å². The molecular formula is C41H40O9. The summed E-state index contributed by atoms with van der Waals surface area (Å²) in [6.07, 6.45) is 3.76. The van der Waals surface area contributed by atoms with Crippen LogP contribution in [0.15, 0.2) is 127 Å². The third-order valence-corrected chi connectivity index (χ3v) is 7.54. The third-order valence-electron chi connectivity index (χ3n) is 7.54. The van der Waals surface area contributed by atoms with E-state index in [4.69, 9.17) is 33.2 Å². The lowest BCUT2D eigenvalue weighted by Gasteiger charge is -2.12. The normalized spacial score (nSPS) is 11.6. The molecule has 0 fully saturated rings. The number of methoxy groups -OCH3 is 1. The minimum Gasteiger partial charge on any atom is -0.496 e. The molecule has 0 bridgehead atoms. The van der Waals surface area contributed by atoms with Gasteiger partial charge in [0.15, 0.2) is 0 Å². The van der Waals surface area contributed by atoms with Crippen LogP contribution in [-0.4, -0.2) is 45.5 Å². The summed E-state index contributed by atoms with van der Waals surface area (Å²) >= 11 is 0. The molecule has 50 heavy (non-hydrogen) atoms. The van der Waals surface area contributed by atoms with E-state index in [0.717, 1.165) is 21.5 Å². The van der Waals surface area contributed by atoms with Gasteiger partial charge in [-0.3, -0.25) is 0 Å². The van der Waals surface area contributed by atoms with Gasteiger partial charge in [-0.2, -0.15) is 0 Å². The largest absolute Gasteiger partial charge is 0.496 e. The second-order valence-electron chi connectivity index (χ2n) is 11.3. The molecule has 0 saturated heterocycles. The Morgan fingerprint density at radius 2 is 0.960 bits per heavy atom. The van der Waals surface area contributed by atoms with Crippen LogP contribution in [0.25, 0.3) is 21.5 Å². The van der Waals surface area contributed by atoms with E-state index in [2.05, 4.69) is 0 Å². The minimum atomic E-state index is -0.464. The summed E-state index contributed by atoms with van der Waals surface area (Å²) in [5.41, 5.74) is 0.696. The number of rotatable bonds is 17. The van der Waals surface area contributed by atoms with Gasteiger partial charge in [0.05, 0.1) is 44.7 Å². The number of hydrogen-bond acceptors (Lipinski definition) is 9. The molecule has 5 aromatic rings. The Balaban J connectivity index is 0.997. The fraction of sp³-hybridized carbons (Fsp3) is 0.220. The molecule has 0 saturated carbocycles. The van der Waals surface area contributed by atoms with Crippen molar-refractivity contribution >= 4 is 33.5 Å². The molecule has 0 spiro atoms. The van der Waals surface area contributed by atoms with Crippen molar-refractivity contribution in [1.29, 1.82) is 0 Å². The van der Waals surface area contributed by atoms with E-state index in [9.17, 15) is 9.59 Å². The first-order chi connectivity index (χ1) is 24.4. The van der Waals surface area contributed by atoms with Crippen molar-refractivity contribution in [1.82, 2.24) is 0 Å². The van der Waals surface area contributed by atoms with Gasteiger partial charge in [0.2, 0.25) is 0 Å². The topological polar surface area (TPSA) is 98.8 Å². The zero-order valence-corrected chi connectivity index (χ0v) is 28.4. The highest BCUT2D eigenvalue weighted by Crippen LogP contribution is 2.29. The van der Waals surface area contributed by atoms with E-state index in [-0.39, 0.29) is 13.2 Å². The average Bonchev–Trinajstić information content (AvgIpc) is 3.15. The lowest BCUT2D eigenvalue weighted by atomic mass is 10.1. The minimum absolute atomic E-state index is 0.175. The second kappa shape index (κ2) is 18.0. The third kappa shape index (κ3) is 10.0. The molecule has 0 aromatic heterocycles. The van der Waals surface area contributed by atoms with Gasteiger partial charge in [-0.1, -0.05) is 72.8 Å². The summed E-state index contributed by atoms with van der Waals surface area (Å²) < 4.78 is 39.4. The van der Waals surface area contributed by atoms with Crippen LogP contribution in [0.4, 0.5) is 0 Å². The van der Waals surface area contributed by atoms with E-state index < -0.39 is 11.9 Å². The molecule has 0 aliphatic rings. The van der Waals surface area contributed by atoms with E-state index >= 15 is 0 Å². The number of benzene rings is 5. The van der Waals surface area contributed by atoms with Gasteiger partial charge in [-0.05, 0) is 36.8 Å². The van der Waals surface area contributed by atoms with E-state index in [1.165, 1.54) is 12.5 Å². The Hall–Kier alpha value is -5.96. The van der Waals surface area contributed by atoms with Gasteiger partial charge in [-0.25, -0.2) is 9.59 Å². The monoisotopic (exact) mass is 676 g/mol. The zero-order valence-electron chi connectivity index (χ0n) is 28.4. The Labute approximate surface area is 291 Å². The highest BCUT2D eigenvalue weighted by Gasteiger charge is 2.10. The molecule has 9 nitrogen and oxygen atoms in total. The van der Waals surface area contributed by atoms with Crippen LogP contribution in [0.3, 0.4) is 0 Å². The lowest BCUT2D eigenvalue weighted by Crippen LogP contribution is -2.11. The molecule has 0 atom stereocenters. The first kappa shape index (κ1) is 35.3. The zero-order chi connectivity index (χ0) is 35.1. The first-order valence-corrected chi connectivity index (χ1v) is 16.3. The van der Waals surface area contributed by atoms with Gasteiger partial charge in [-0.15, -0.1) is 0 Å². The fourth-order valence-electron chi connectivity index (χ4n) is 4.88. The molecule has 0 amide bonds. The Morgan fingerprint density at radius 3 is 1.42 bits per heavy atom. The van der Waals surface area contributed by atoms with Crippen LogP contribution in [0.1, 0.15) is 26.7 Å². The first-order valence-electron chi connectivity index (χ1n) is 16.3. The maximum Gasteiger partial charge on any atom is 0.336 e. The Bertz CT molecular complexity index is 1830. The Kier molecular flexibility index (Phi) is 12.7. The average molecular weight is 677 g/mol. The SMILES string of the molecule is COc1cc(OCCCOC(=O)C(C)=COc2cccc3ccccc23)cc(OCCCOC(=O)C(C)=COc2cccc3ccccc23)c1. The standard InChI is InChI=1S/C41H40O9/c1-29(27-49-38-18-8-14-31-12-4-6-16-36(31)38)40(42)47-22-10-20-45-34-24-33(44-3)25-35(26-34)46-21-11-23-48-41(43)30(2)28-50-39-19-9-15-32-13-5-7-17-37(32)39/h4-9,12-19,24-28H,10-11,20-23H2,1-3H3. The summed E-state index contributed by atoms with van der Waals surface area (Å²) in [5, 5.41) is 4.02. The number of carbonyl (C=O) groups excluding carboxylic acids is 2. The number of carbonyl (C=O) groups is 2. The van der Waals surface area contributed by atoms with Gasteiger partial charge in [0, 0.05) is 41.8 Å². The van der Waals surface area contributed by atoms with Crippen molar-refractivity contribution < 1.29 is 42.7 Å². The number of fused-ring (bicyclic) bond motifs is 2. The molecule has 0 heterocycles. The maximum atomic E-state index is 12.4. The fourth-order valence-corrected chi connectivity index (χ4v) is 4.88. The molecule has 258 valence electrons. The molecule has 0 unspecified atom stereocenters. The van der Waals surface area contributed by atoms with E-state index in [1.807, 2.05) is 84.9 Å².